The highest BCUT2D eigenvalue weighted by atomic mass is 16.5. The lowest BCUT2D eigenvalue weighted by atomic mass is 10.2. The number of benzene rings is 2. The minimum absolute atomic E-state index is 0.237. The van der Waals surface area contributed by atoms with Crippen molar-refractivity contribution in [2.75, 3.05) is 12.4 Å². The zero-order valence-electron chi connectivity index (χ0n) is 14.6. The van der Waals surface area contributed by atoms with Crippen molar-refractivity contribution >= 4 is 17.6 Å². The van der Waals surface area contributed by atoms with E-state index in [1.54, 1.807) is 48.5 Å². The van der Waals surface area contributed by atoms with E-state index in [-0.39, 0.29) is 11.9 Å². The Morgan fingerprint density at radius 3 is 2.40 bits per heavy atom. The number of rotatable bonds is 8. The summed E-state index contributed by atoms with van der Waals surface area (Å²) in [6.45, 7) is 2.09. The summed E-state index contributed by atoms with van der Waals surface area (Å²) in [5.41, 5.74) is 1.07. The first-order valence-electron chi connectivity index (χ1n) is 8.39. The van der Waals surface area contributed by atoms with Gasteiger partial charge in [-0.3, -0.25) is 9.59 Å². The number of para-hydroxylation sites is 1. The van der Waals surface area contributed by atoms with Gasteiger partial charge in [0.15, 0.2) is 0 Å². The molecule has 25 heavy (non-hydrogen) atoms. The lowest BCUT2D eigenvalue weighted by Crippen LogP contribution is -2.13. The van der Waals surface area contributed by atoms with E-state index in [0.717, 1.165) is 19.3 Å². The summed E-state index contributed by atoms with van der Waals surface area (Å²) in [4.78, 5) is 24.0. The Kier molecular flexibility index (Phi) is 7.01. The van der Waals surface area contributed by atoms with Crippen LogP contribution >= 0.6 is 0 Å². The third-order valence-electron chi connectivity index (χ3n) is 3.68. The molecule has 0 aliphatic rings. The molecule has 1 amide bonds. The molecule has 0 heterocycles. The molecule has 0 aliphatic heterocycles. The third-order valence-corrected chi connectivity index (χ3v) is 3.68. The Balaban J connectivity index is 1.93. The van der Waals surface area contributed by atoms with Crippen molar-refractivity contribution in [1.29, 1.82) is 0 Å². The van der Waals surface area contributed by atoms with Crippen LogP contribution in [-0.2, 0) is 4.79 Å². The van der Waals surface area contributed by atoms with Gasteiger partial charge < -0.3 is 14.8 Å². The Morgan fingerprint density at radius 2 is 1.72 bits per heavy atom. The van der Waals surface area contributed by atoms with Gasteiger partial charge in [0.1, 0.15) is 11.5 Å². The lowest BCUT2D eigenvalue weighted by molar-refractivity contribution is -0.134. The minimum atomic E-state index is -0.262. The van der Waals surface area contributed by atoms with Crippen molar-refractivity contribution in [3.8, 4) is 11.5 Å². The first-order valence-corrected chi connectivity index (χ1v) is 8.39. The normalized spacial score (nSPS) is 10.2. The molecule has 1 N–H and O–H groups in total. The van der Waals surface area contributed by atoms with Crippen molar-refractivity contribution in [3.63, 3.8) is 0 Å². The quantitative estimate of drug-likeness (QED) is 0.438. The smallest absolute Gasteiger partial charge is 0.311 e. The molecule has 0 saturated heterocycles. The van der Waals surface area contributed by atoms with Crippen molar-refractivity contribution in [1.82, 2.24) is 0 Å². The summed E-state index contributed by atoms with van der Waals surface area (Å²) in [7, 11) is 1.52. The summed E-state index contributed by atoms with van der Waals surface area (Å²) in [6, 6.07) is 13.7. The summed E-state index contributed by atoms with van der Waals surface area (Å²) in [6.07, 6.45) is 3.33. The molecule has 0 bridgehead atoms. The van der Waals surface area contributed by atoms with E-state index in [1.165, 1.54) is 7.11 Å². The number of hydrogen-bond donors (Lipinski definition) is 1. The van der Waals surface area contributed by atoms with Gasteiger partial charge in [0.25, 0.3) is 5.91 Å². The van der Waals surface area contributed by atoms with Crippen molar-refractivity contribution in [3.05, 3.63) is 54.1 Å². The number of hydrogen-bond acceptors (Lipinski definition) is 4. The highest BCUT2D eigenvalue weighted by Crippen LogP contribution is 2.21. The van der Waals surface area contributed by atoms with E-state index in [2.05, 4.69) is 12.2 Å². The van der Waals surface area contributed by atoms with Crippen LogP contribution in [0.3, 0.4) is 0 Å². The molecule has 0 aromatic heterocycles. The number of nitrogens with one attached hydrogen (secondary N) is 1. The summed E-state index contributed by atoms with van der Waals surface area (Å²) in [5, 5.41) is 2.80. The maximum Gasteiger partial charge on any atom is 0.311 e. The second kappa shape index (κ2) is 9.47. The maximum atomic E-state index is 12.3. The van der Waals surface area contributed by atoms with E-state index in [1.807, 2.05) is 0 Å². The zero-order chi connectivity index (χ0) is 18.1. The molecule has 2 aromatic carbocycles. The van der Waals surface area contributed by atoms with Gasteiger partial charge in [-0.2, -0.15) is 0 Å². The standard InChI is InChI=1S/C20H23NO4/c1-3-4-5-10-19(22)25-16-13-11-15(12-14-16)21-20(23)17-8-6-7-9-18(17)24-2/h6-9,11-14H,3-5,10H2,1-2H3,(H,21,23). The molecule has 2 rings (SSSR count). The monoisotopic (exact) mass is 341 g/mol. The van der Waals surface area contributed by atoms with Crippen LogP contribution in [0.4, 0.5) is 5.69 Å². The number of anilines is 1. The molecular formula is C20H23NO4. The second-order valence-electron chi connectivity index (χ2n) is 5.61. The average Bonchev–Trinajstić information content (AvgIpc) is 2.63. The number of ether oxygens (including phenoxy) is 2. The zero-order valence-corrected chi connectivity index (χ0v) is 14.6. The first kappa shape index (κ1) is 18.5. The molecular weight excluding hydrogens is 318 g/mol. The maximum absolute atomic E-state index is 12.3. The lowest BCUT2D eigenvalue weighted by Gasteiger charge is -2.10. The number of amides is 1. The van der Waals surface area contributed by atoms with Gasteiger partial charge in [0.05, 0.1) is 12.7 Å². The Bertz CT molecular complexity index is 710. The van der Waals surface area contributed by atoms with Gasteiger partial charge in [-0.15, -0.1) is 0 Å². The molecule has 0 aliphatic carbocycles. The number of methoxy groups -OCH3 is 1. The van der Waals surface area contributed by atoms with E-state index in [0.29, 0.717) is 29.2 Å². The molecule has 132 valence electrons. The Hall–Kier alpha value is -2.82. The van der Waals surface area contributed by atoms with Crippen LogP contribution in [0.1, 0.15) is 43.0 Å². The van der Waals surface area contributed by atoms with Crippen LogP contribution in [-0.4, -0.2) is 19.0 Å². The second-order valence-corrected chi connectivity index (χ2v) is 5.61. The van der Waals surface area contributed by atoms with Crippen molar-refractivity contribution < 1.29 is 19.1 Å². The van der Waals surface area contributed by atoms with E-state index >= 15 is 0 Å². The largest absolute Gasteiger partial charge is 0.496 e. The highest BCUT2D eigenvalue weighted by Gasteiger charge is 2.12. The predicted molar refractivity (Wildman–Crippen MR) is 97.2 cm³/mol. The van der Waals surface area contributed by atoms with E-state index < -0.39 is 0 Å². The van der Waals surface area contributed by atoms with Crippen LogP contribution in [0.5, 0.6) is 11.5 Å². The molecule has 0 spiro atoms. The molecule has 5 heteroatoms. The molecule has 0 fully saturated rings. The van der Waals surface area contributed by atoms with E-state index in [9.17, 15) is 9.59 Å². The minimum Gasteiger partial charge on any atom is -0.496 e. The molecule has 0 saturated carbocycles. The highest BCUT2D eigenvalue weighted by molar-refractivity contribution is 6.06. The third kappa shape index (κ3) is 5.64. The van der Waals surface area contributed by atoms with Gasteiger partial charge in [-0.25, -0.2) is 0 Å². The topological polar surface area (TPSA) is 64.6 Å². The summed E-state index contributed by atoms with van der Waals surface area (Å²) >= 11 is 0. The number of unbranched alkanes of at least 4 members (excludes halogenated alkanes) is 2. The van der Waals surface area contributed by atoms with Crippen LogP contribution in [0, 0.1) is 0 Å². The average molecular weight is 341 g/mol. The number of carbonyl (C=O) groups is 2. The van der Waals surface area contributed by atoms with Crippen molar-refractivity contribution in [2.24, 2.45) is 0 Å². The first-order chi connectivity index (χ1) is 12.1. The number of esters is 1. The predicted octanol–water partition coefficient (Wildman–Crippen LogP) is 4.43. The Labute approximate surface area is 148 Å². The number of carbonyl (C=O) groups excluding carboxylic acids is 2. The van der Waals surface area contributed by atoms with Gasteiger partial charge in [0.2, 0.25) is 0 Å². The van der Waals surface area contributed by atoms with Gasteiger partial charge in [-0.1, -0.05) is 31.9 Å². The molecule has 0 unspecified atom stereocenters. The van der Waals surface area contributed by atoms with Crippen LogP contribution in [0.2, 0.25) is 0 Å². The fourth-order valence-electron chi connectivity index (χ4n) is 2.34. The van der Waals surface area contributed by atoms with Gasteiger partial charge in [0, 0.05) is 12.1 Å². The summed E-state index contributed by atoms with van der Waals surface area (Å²) < 4.78 is 10.5. The van der Waals surface area contributed by atoms with Crippen LogP contribution in [0.15, 0.2) is 48.5 Å². The van der Waals surface area contributed by atoms with Crippen molar-refractivity contribution in [2.45, 2.75) is 32.6 Å². The molecule has 0 atom stereocenters. The molecule has 5 nitrogen and oxygen atoms in total. The Morgan fingerprint density at radius 1 is 1.00 bits per heavy atom. The molecule has 0 radical (unpaired) electrons. The van der Waals surface area contributed by atoms with Gasteiger partial charge >= 0.3 is 5.97 Å². The van der Waals surface area contributed by atoms with Gasteiger partial charge in [-0.05, 0) is 42.8 Å². The molecule has 2 aromatic rings. The van der Waals surface area contributed by atoms with Crippen LogP contribution < -0.4 is 14.8 Å². The SMILES string of the molecule is CCCCCC(=O)Oc1ccc(NC(=O)c2ccccc2OC)cc1. The summed E-state index contributed by atoms with van der Waals surface area (Å²) in [5.74, 6) is 0.482. The fraction of sp³-hybridized carbons (Fsp3) is 0.300. The van der Waals surface area contributed by atoms with E-state index in [4.69, 9.17) is 9.47 Å². The fourth-order valence-corrected chi connectivity index (χ4v) is 2.34. The van der Waals surface area contributed by atoms with Crippen LogP contribution in [0.25, 0.3) is 0 Å².